The molecule has 0 aromatic carbocycles. The van der Waals surface area contributed by atoms with Gasteiger partial charge < -0.3 is 3.07 Å². The van der Waals surface area contributed by atoms with Gasteiger partial charge in [-0.25, -0.2) is 4.99 Å². The molecule has 0 aromatic rings. The maximum Gasteiger partial charge on any atom is 0.196 e. The van der Waals surface area contributed by atoms with Crippen molar-refractivity contribution in [1.82, 2.24) is 0 Å². The average molecular weight is 267 g/mol. The Hall–Kier alpha value is -0.0600. The number of nitrogens with zero attached hydrogens (tertiary/aromatic N) is 1. The van der Waals surface area contributed by atoms with Crippen molar-refractivity contribution in [1.29, 1.82) is 0 Å². The molecular formula is C8H14INO. The van der Waals surface area contributed by atoms with Crippen molar-refractivity contribution >= 4 is 28.9 Å². The van der Waals surface area contributed by atoms with E-state index in [-0.39, 0.29) is 0 Å². The fourth-order valence-corrected chi connectivity index (χ4v) is 0.475. The molecule has 0 saturated carbocycles. The maximum absolute atomic E-state index is 4.86. The number of allylic oxidation sites excluding steroid dienone is 1. The molecule has 0 aromatic heterocycles. The molecule has 11 heavy (non-hydrogen) atoms. The van der Waals surface area contributed by atoms with Crippen LogP contribution in [-0.4, -0.2) is 5.90 Å². The molecule has 0 unspecified atom stereocenters. The van der Waals surface area contributed by atoms with E-state index in [0.29, 0.717) is 11.8 Å². The summed E-state index contributed by atoms with van der Waals surface area (Å²) in [6.45, 7) is 8.17. The lowest BCUT2D eigenvalue weighted by atomic mass is 10.1. The van der Waals surface area contributed by atoms with Gasteiger partial charge in [0, 0.05) is 13.1 Å². The second kappa shape index (κ2) is 5.57. The van der Waals surface area contributed by atoms with E-state index in [1.807, 2.05) is 36.1 Å². The summed E-state index contributed by atoms with van der Waals surface area (Å²) >= 11 is 1.82. The zero-order valence-electron chi connectivity index (χ0n) is 7.39. The fraction of sp³-hybridized carbons (Fsp3) is 0.625. The summed E-state index contributed by atoms with van der Waals surface area (Å²) in [6.07, 6.45) is 1.85. The smallest absolute Gasteiger partial charge is 0.196 e. The topological polar surface area (TPSA) is 21.6 Å². The minimum absolute atomic E-state index is 0.556. The molecule has 0 atom stereocenters. The van der Waals surface area contributed by atoms with E-state index < -0.39 is 0 Å². The van der Waals surface area contributed by atoms with Crippen molar-refractivity contribution < 1.29 is 3.07 Å². The Morgan fingerprint density at radius 3 is 2.36 bits per heavy atom. The van der Waals surface area contributed by atoms with Crippen LogP contribution in [0, 0.1) is 5.92 Å². The van der Waals surface area contributed by atoms with Crippen LogP contribution in [-0.2, 0) is 3.07 Å². The van der Waals surface area contributed by atoms with Gasteiger partial charge in [-0.1, -0.05) is 19.4 Å². The predicted octanol–water partition coefficient (Wildman–Crippen LogP) is 3.33. The highest BCUT2D eigenvalue weighted by Gasteiger charge is 1.94. The maximum atomic E-state index is 4.86. The van der Waals surface area contributed by atoms with Crippen LogP contribution in [0.2, 0.25) is 0 Å². The highest BCUT2D eigenvalue weighted by molar-refractivity contribution is 14.1. The number of hydrogen-bond donors (Lipinski definition) is 0. The Labute approximate surface area is 82.4 Å². The number of aliphatic imine (C=N–C) groups is 1. The van der Waals surface area contributed by atoms with Crippen molar-refractivity contribution in [3.63, 3.8) is 0 Å². The molecule has 0 aliphatic rings. The third kappa shape index (κ3) is 5.24. The van der Waals surface area contributed by atoms with E-state index in [1.54, 1.807) is 0 Å². The number of hydrogen-bond acceptors (Lipinski definition) is 2. The molecule has 64 valence electrons. The zero-order chi connectivity index (χ0) is 8.85. The Balaban J connectivity index is 4.11. The van der Waals surface area contributed by atoms with E-state index in [4.69, 9.17) is 3.07 Å². The van der Waals surface area contributed by atoms with Gasteiger partial charge in [0.05, 0.1) is 0 Å². The molecule has 0 amide bonds. The summed E-state index contributed by atoms with van der Waals surface area (Å²) in [7, 11) is 0. The van der Waals surface area contributed by atoms with Gasteiger partial charge >= 0.3 is 0 Å². The molecule has 0 bridgehead atoms. The lowest BCUT2D eigenvalue weighted by molar-refractivity contribution is 0.710. The molecule has 0 saturated heterocycles. The Bertz CT molecular complexity index is 173. The van der Waals surface area contributed by atoms with Crippen LogP contribution in [0.1, 0.15) is 27.7 Å². The Morgan fingerprint density at radius 1 is 1.45 bits per heavy atom. The largest absolute Gasteiger partial charge is 0.413 e. The van der Waals surface area contributed by atoms with E-state index in [1.165, 1.54) is 5.57 Å². The monoisotopic (exact) mass is 267 g/mol. The number of rotatable bonds is 2. The first kappa shape index (κ1) is 10.9. The summed E-state index contributed by atoms with van der Waals surface area (Å²) in [6, 6.07) is 0. The molecule has 0 spiro atoms. The summed E-state index contributed by atoms with van der Waals surface area (Å²) in [4.78, 5) is 4.09. The van der Waals surface area contributed by atoms with Crippen LogP contribution in [0.5, 0.6) is 0 Å². The highest BCUT2D eigenvalue weighted by Crippen LogP contribution is 2.07. The number of halogens is 1. The first-order valence-corrected chi connectivity index (χ1v) is 4.45. The Morgan fingerprint density at radius 2 is 2.00 bits per heavy atom. The molecular weight excluding hydrogens is 253 g/mol. The molecule has 3 heteroatoms. The van der Waals surface area contributed by atoms with Gasteiger partial charge in [-0.2, -0.15) is 0 Å². The fourth-order valence-electron chi connectivity index (χ4n) is 0.362. The lowest BCUT2D eigenvalue weighted by Crippen LogP contribution is -1.90. The Kier molecular flexibility index (Phi) is 5.54. The van der Waals surface area contributed by atoms with Gasteiger partial charge in [0.25, 0.3) is 0 Å². The first-order valence-electron chi connectivity index (χ1n) is 3.57. The SMILES string of the molecule is C/C(=C\N=C(/C)OI)C(C)C. The first-order chi connectivity index (χ1) is 5.07. The van der Waals surface area contributed by atoms with Gasteiger partial charge in [0.1, 0.15) is 0 Å². The van der Waals surface area contributed by atoms with Crippen molar-refractivity contribution in [2.24, 2.45) is 10.9 Å². The normalized spacial score (nSPS) is 14.0. The second-order valence-electron chi connectivity index (χ2n) is 2.75. The minimum Gasteiger partial charge on any atom is -0.413 e. The second-order valence-corrected chi connectivity index (χ2v) is 3.19. The summed E-state index contributed by atoms with van der Waals surface area (Å²) in [5, 5.41) is 0. The van der Waals surface area contributed by atoms with Crippen LogP contribution in [0.25, 0.3) is 0 Å². The van der Waals surface area contributed by atoms with Gasteiger partial charge in [-0.3, -0.25) is 0 Å². The molecule has 0 N–H and O–H groups in total. The van der Waals surface area contributed by atoms with E-state index in [9.17, 15) is 0 Å². The molecule has 0 radical (unpaired) electrons. The standard InChI is InChI=1S/C8H14INO/c1-6(2)7(3)5-10-8(4)11-9/h5-6H,1-4H3/b7-5+,10-8+. The minimum atomic E-state index is 0.556. The van der Waals surface area contributed by atoms with Crippen molar-refractivity contribution in [2.45, 2.75) is 27.7 Å². The van der Waals surface area contributed by atoms with E-state index in [2.05, 4.69) is 25.8 Å². The van der Waals surface area contributed by atoms with Crippen LogP contribution < -0.4 is 0 Å². The van der Waals surface area contributed by atoms with Gasteiger partial charge in [-0.05, 0) is 12.8 Å². The van der Waals surface area contributed by atoms with Crippen LogP contribution in [0.3, 0.4) is 0 Å². The van der Waals surface area contributed by atoms with Crippen molar-refractivity contribution in [2.75, 3.05) is 0 Å². The third-order valence-corrected chi connectivity index (χ3v) is 2.11. The van der Waals surface area contributed by atoms with Crippen LogP contribution in [0.4, 0.5) is 0 Å². The molecule has 0 rings (SSSR count). The molecule has 2 nitrogen and oxygen atoms in total. The zero-order valence-corrected chi connectivity index (χ0v) is 9.55. The average Bonchev–Trinajstić information content (AvgIpc) is 1.99. The van der Waals surface area contributed by atoms with Crippen LogP contribution >= 0.6 is 23.0 Å². The highest BCUT2D eigenvalue weighted by atomic mass is 127. The summed E-state index contributed by atoms with van der Waals surface area (Å²) in [5.41, 5.74) is 1.26. The summed E-state index contributed by atoms with van der Waals surface area (Å²) in [5.74, 6) is 1.24. The van der Waals surface area contributed by atoms with Gasteiger partial charge in [-0.15, -0.1) is 0 Å². The molecule has 0 aliphatic carbocycles. The van der Waals surface area contributed by atoms with Crippen molar-refractivity contribution in [3.8, 4) is 0 Å². The van der Waals surface area contributed by atoms with Gasteiger partial charge in [0.15, 0.2) is 28.9 Å². The molecule has 0 fully saturated rings. The molecule has 0 aliphatic heterocycles. The third-order valence-electron chi connectivity index (χ3n) is 1.47. The van der Waals surface area contributed by atoms with Gasteiger partial charge in [0.2, 0.25) is 0 Å². The van der Waals surface area contributed by atoms with E-state index in [0.717, 1.165) is 0 Å². The predicted molar refractivity (Wildman–Crippen MR) is 56.8 cm³/mol. The van der Waals surface area contributed by atoms with E-state index >= 15 is 0 Å². The van der Waals surface area contributed by atoms with Crippen LogP contribution in [0.15, 0.2) is 16.8 Å². The summed E-state index contributed by atoms with van der Waals surface area (Å²) < 4.78 is 4.86. The quantitative estimate of drug-likeness (QED) is 0.427. The molecule has 0 heterocycles. The lowest BCUT2D eigenvalue weighted by Gasteiger charge is -2.01. The van der Waals surface area contributed by atoms with Crippen molar-refractivity contribution in [3.05, 3.63) is 11.8 Å².